The van der Waals surface area contributed by atoms with Gasteiger partial charge in [0.2, 0.25) is 0 Å². The Morgan fingerprint density at radius 3 is 2.24 bits per heavy atom. The molecule has 0 fully saturated rings. The van der Waals surface area contributed by atoms with Gasteiger partial charge in [-0.15, -0.1) is 0 Å². The maximum atomic E-state index is 13.4. The van der Waals surface area contributed by atoms with Gasteiger partial charge in [0.15, 0.2) is 0 Å². The fourth-order valence-electron chi connectivity index (χ4n) is 2.10. The first-order valence-corrected chi connectivity index (χ1v) is 6.51. The zero-order valence-corrected chi connectivity index (χ0v) is 11.1. The van der Waals surface area contributed by atoms with Crippen LogP contribution in [0.2, 0.25) is 0 Å². The fraction of sp³-hybridized carbons (Fsp3) is 0.600. The van der Waals surface area contributed by atoms with Gasteiger partial charge in [-0.3, -0.25) is 0 Å². The van der Waals surface area contributed by atoms with Gasteiger partial charge in [0.05, 0.1) is 6.10 Å². The number of aliphatic hydroxyl groups is 1. The molecular formula is C15H23FO. The van der Waals surface area contributed by atoms with Crippen molar-refractivity contribution in [2.75, 3.05) is 0 Å². The summed E-state index contributed by atoms with van der Waals surface area (Å²) >= 11 is 0. The Bertz CT molecular complexity index is 337. The van der Waals surface area contributed by atoms with Crippen LogP contribution in [0.5, 0.6) is 0 Å². The Kier molecular flexibility index (Phi) is 5.63. The second-order valence-electron chi connectivity index (χ2n) is 4.83. The minimum Gasteiger partial charge on any atom is -0.388 e. The highest BCUT2D eigenvalue weighted by Crippen LogP contribution is 2.24. The molecule has 1 atom stereocenters. The van der Waals surface area contributed by atoms with Crippen molar-refractivity contribution < 1.29 is 9.50 Å². The van der Waals surface area contributed by atoms with Crippen LogP contribution in [-0.2, 0) is 0 Å². The van der Waals surface area contributed by atoms with E-state index in [9.17, 15) is 9.50 Å². The third-order valence-electron chi connectivity index (χ3n) is 3.17. The van der Waals surface area contributed by atoms with Crippen molar-refractivity contribution in [1.29, 1.82) is 0 Å². The zero-order valence-electron chi connectivity index (χ0n) is 11.1. The first-order chi connectivity index (χ1) is 8.06. The van der Waals surface area contributed by atoms with Crippen molar-refractivity contribution in [3.8, 4) is 0 Å². The van der Waals surface area contributed by atoms with E-state index in [-0.39, 0.29) is 5.82 Å². The van der Waals surface area contributed by atoms with Gasteiger partial charge in [-0.05, 0) is 37.0 Å². The number of benzene rings is 1. The van der Waals surface area contributed by atoms with E-state index in [1.165, 1.54) is 12.8 Å². The van der Waals surface area contributed by atoms with Crippen molar-refractivity contribution in [1.82, 2.24) is 0 Å². The molecule has 2 heteroatoms. The van der Waals surface area contributed by atoms with Gasteiger partial charge in [0, 0.05) is 0 Å². The largest absolute Gasteiger partial charge is 0.388 e. The molecule has 0 aliphatic heterocycles. The minimum absolute atomic E-state index is 0.160. The van der Waals surface area contributed by atoms with Gasteiger partial charge >= 0.3 is 0 Å². The van der Waals surface area contributed by atoms with E-state index in [1.54, 1.807) is 26.0 Å². The van der Waals surface area contributed by atoms with E-state index in [0.29, 0.717) is 11.1 Å². The summed E-state index contributed by atoms with van der Waals surface area (Å²) in [7, 11) is 0. The molecular weight excluding hydrogens is 215 g/mol. The van der Waals surface area contributed by atoms with Crippen LogP contribution in [0.3, 0.4) is 0 Å². The normalized spacial score (nSPS) is 12.8. The Morgan fingerprint density at radius 1 is 1.12 bits per heavy atom. The van der Waals surface area contributed by atoms with Crippen LogP contribution in [0, 0.1) is 19.7 Å². The smallest absolute Gasteiger partial charge is 0.129 e. The summed E-state index contributed by atoms with van der Waals surface area (Å²) in [6.45, 7) is 5.66. The summed E-state index contributed by atoms with van der Waals surface area (Å²) < 4.78 is 13.4. The summed E-state index contributed by atoms with van der Waals surface area (Å²) in [5.74, 6) is -0.160. The molecule has 1 nitrogen and oxygen atoms in total. The van der Waals surface area contributed by atoms with Crippen LogP contribution in [0.1, 0.15) is 61.8 Å². The molecule has 96 valence electrons. The van der Waals surface area contributed by atoms with Gasteiger partial charge in [-0.1, -0.05) is 44.7 Å². The molecule has 1 N–H and O–H groups in total. The lowest BCUT2D eigenvalue weighted by Gasteiger charge is -2.13. The lowest BCUT2D eigenvalue weighted by atomic mass is 9.98. The van der Waals surface area contributed by atoms with Crippen LogP contribution >= 0.6 is 0 Å². The molecule has 0 saturated heterocycles. The van der Waals surface area contributed by atoms with Crippen molar-refractivity contribution in [3.63, 3.8) is 0 Å². The monoisotopic (exact) mass is 238 g/mol. The average Bonchev–Trinajstić information content (AvgIpc) is 2.30. The molecule has 0 spiro atoms. The third-order valence-corrected chi connectivity index (χ3v) is 3.17. The molecule has 0 aromatic heterocycles. The first-order valence-electron chi connectivity index (χ1n) is 6.51. The van der Waals surface area contributed by atoms with Crippen LogP contribution in [-0.4, -0.2) is 5.11 Å². The van der Waals surface area contributed by atoms with E-state index in [4.69, 9.17) is 0 Å². The summed E-state index contributed by atoms with van der Waals surface area (Å²) in [5, 5.41) is 10.0. The Hall–Kier alpha value is -0.890. The SMILES string of the molecule is CCCCCCC(O)c1cc(C)c(F)c(C)c1. The number of halogens is 1. The van der Waals surface area contributed by atoms with Crippen LogP contribution in [0.15, 0.2) is 12.1 Å². The lowest BCUT2D eigenvalue weighted by molar-refractivity contribution is 0.163. The van der Waals surface area contributed by atoms with E-state index in [2.05, 4.69) is 6.92 Å². The number of unbranched alkanes of at least 4 members (excludes halogenated alkanes) is 3. The van der Waals surface area contributed by atoms with Gasteiger partial charge < -0.3 is 5.11 Å². The van der Waals surface area contributed by atoms with E-state index in [1.807, 2.05) is 0 Å². The molecule has 1 aromatic carbocycles. The third kappa shape index (κ3) is 4.12. The van der Waals surface area contributed by atoms with E-state index in [0.717, 1.165) is 24.8 Å². The molecule has 1 unspecified atom stereocenters. The summed E-state index contributed by atoms with van der Waals surface area (Å²) in [5.41, 5.74) is 2.08. The topological polar surface area (TPSA) is 20.2 Å². The minimum atomic E-state index is -0.454. The van der Waals surface area contributed by atoms with Crippen molar-refractivity contribution >= 4 is 0 Å². The number of aryl methyl sites for hydroxylation is 2. The van der Waals surface area contributed by atoms with Gasteiger partial charge in [-0.25, -0.2) is 4.39 Å². The van der Waals surface area contributed by atoms with Gasteiger partial charge in [0.25, 0.3) is 0 Å². The van der Waals surface area contributed by atoms with Crippen molar-refractivity contribution in [3.05, 3.63) is 34.6 Å². The molecule has 0 bridgehead atoms. The molecule has 1 rings (SSSR count). The first kappa shape index (κ1) is 14.2. The second kappa shape index (κ2) is 6.75. The highest BCUT2D eigenvalue weighted by atomic mass is 19.1. The van der Waals surface area contributed by atoms with E-state index < -0.39 is 6.10 Å². The van der Waals surface area contributed by atoms with Crippen LogP contribution in [0.4, 0.5) is 4.39 Å². The van der Waals surface area contributed by atoms with Crippen LogP contribution < -0.4 is 0 Å². The molecule has 0 saturated carbocycles. The lowest BCUT2D eigenvalue weighted by Crippen LogP contribution is -2.00. The standard InChI is InChI=1S/C15H23FO/c1-4-5-6-7-8-14(17)13-9-11(2)15(16)12(3)10-13/h9-10,14,17H,4-8H2,1-3H3. The molecule has 0 radical (unpaired) electrons. The summed E-state index contributed by atoms with van der Waals surface area (Å²) in [4.78, 5) is 0. The van der Waals surface area contributed by atoms with Crippen molar-refractivity contribution in [2.24, 2.45) is 0 Å². The molecule has 0 heterocycles. The molecule has 0 aliphatic rings. The maximum absolute atomic E-state index is 13.4. The van der Waals surface area contributed by atoms with Crippen molar-refractivity contribution in [2.45, 2.75) is 59.0 Å². The fourth-order valence-corrected chi connectivity index (χ4v) is 2.10. The van der Waals surface area contributed by atoms with Gasteiger partial charge in [-0.2, -0.15) is 0 Å². The number of rotatable bonds is 6. The van der Waals surface area contributed by atoms with Crippen LogP contribution in [0.25, 0.3) is 0 Å². The molecule has 0 aliphatic carbocycles. The molecule has 17 heavy (non-hydrogen) atoms. The Labute approximate surface area is 104 Å². The summed E-state index contributed by atoms with van der Waals surface area (Å²) in [6, 6.07) is 3.51. The van der Waals surface area contributed by atoms with E-state index >= 15 is 0 Å². The average molecular weight is 238 g/mol. The van der Waals surface area contributed by atoms with Gasteiger partial charge in [0.1, 0.15) is 5.82 Å². The second-order valence-corrected chi connectivity index (χ2v) is 4.83. The Balaban J connectivity index is 2.60. The molecule has 1 aromatic rings. The zero-order chi connectivity index (χ0) is 12.8. The quantitative estimate of drug-likeness (QED) is 0.726. The highest BCUT2D eigenvalue weighted by Gasteiger charge is 2.11. The highest BCUT2D eigenvalue weighted by molar-refractivity contribution is 5.31. The number of aliphatic hydroxyl groups excluding tert-OH is 1. The predicted octanol–water partition coefficient (Wildman–Crippen LogP) is 4.45. The number of hydrogen-bond donors (Lipinski definition) is 1. The Morgan fingerprint density at radius 2 is 1.71 bits per heavy atom. The molecule has 0 amide bonds. The number of hydrogen-bond acceptors (Lipinski definition) is 1. The summed E-state index contributed by atoms with van der Waals surface area (Å²) in [6.07, 6.45) is 4.92. The predicted molar refractivity (Wildman–Crippen MR) is 69.6 cm³/mol. The maximum Gasteiger partial charge on any atom is 0.129 e.